The van der Waals surface area contributed by atoms with Crippen LogP contribution < -0.4 is 0 Å². The molecule has 0 radical (unpaired) electrons. The van der Waals surface area contributed by atoms with Crippen molar-refractivity contribution in [3.63, 3.8) is 0 Å². The Kier molecular flexibility index (Phi) is 5.74. The van der Waals surface area contributed by atoms with Crippen molar-refractivity contribution >= 4 is 23.4 Å². The van der Waals surface area contributed by atoms with Gasteiger partial charge in [0, 0.05) is 22.8 Å². The summed E-state index contributed by atoms with van der Waals surface area (Å²) in [5.74, 6) is -3.47. The molecule has 9 heteroatoms. The summed E-state index contributed by atoms with van der Waals surface area (Å²) in [6.07, 6.45) is -5.12. The maximum Gasteiger partial charge on any atom is 0.409 e. The molecule has 0 bridgehead atoms. The molecule has 1 atom stereocenters. The van der Waals surface area contributed by atoms with Gasteiger partial charge < -0.3 is 14.7 Å². The van der Waals surface area contributed by atoms with Gasteiger partial charge in [0.25, 0.3) is 0 Å². The van der Waals surface area contributed by atoms with E-state index in [0.717, 1.165) is 21.8 Å². The van der Waals surface area contributed by atoms with Crippen molar-refractivity contribution in [2.75, 3.05) is 19.7 Å². The van der Waals surface area contributed by atoms with E-state index in [1.807, 2.05) is 0 Å². The van der Waals surface area contributed by atoms with Crippen LogP contribution in [0.15, 0.2) is 6.07 Å². The number of carbonyl (C=O) groups excluding carboxylic acids is 1. The van der Waals surface area contributed by atoms with Crippen LogP contribution in [-0.2, 0) is 22.4 Å². The van der Waals surface area contributed by atoms with E-state index in [0.29, 0.717) is 25.9 Å². The van der Waals surface area contributed by atoms with E-state index in [4.69, 9.17) is 9.84 Å². The Balaban J connectivity index is 2.16. The first-order valence-corrected chi connectivity index (χ1v) is 8.35. The van der Waals surface area contributed by atoms with Crippen LogP contribution >= 0.6 is 11.3 Å². The van der Waals surface area contributed by atoms with Gasteiger partial charge in [-0.05, 0) is 31.4 Å². The highest BCUT2D eigenvalue weighted by Crippen LogP contribution is 2.42. The molecular formula is C15H18F3NO4S. The predicted octanol–water partition coefficient (Wildman–Crippen LogP) is 3.43. The number of carboxylic acid groups (broad SMARTS) is 1. The minimum absolute atomic E-state index is 0.0273. The average Bonchev–Trinajstić information content (AvgIpc) is 2.76. The van der Waals surface area contributed by atoms with Crippen molar-refractivity contribution in [1.29, 1.82) is 0 Å². The maximum absolute atomic E-state index is 13.1. The van der Waals surface area contributed by atoms with Gasteiger partial charge in [-0.15, -0.1) is 11.3 Å². The van der Waals surface area contributed by atoms with Crippen LogP contribution in [0, 0.1) is 0 Å². The lowest BCUT2D eigenvalue weighted by Gasteiger charge is -2.19. The summed E-state index contributed by atoms with van der Waals surface area (Å²) in [4.78, 5) is 24.8. The van der Waals surface area contributed by atoms with E-state index >= 15 is 0 Å². The molecule has 0 saturated heterocycles. The number of alkyl halides is 3. The van der Waals surface area contributed by atoms with Crippen molar-refractivity contribution in [2.24, 2.45) is 0 Å². The number of carbonyl (C=O) groups is 2. The predicted molar refractivity (Wildman–Crippen MR) is 81.4 cm³/mol. The van der Waals surface area contributed by atoms with Crippen molar-refractivity contribution in [1.82, 2.24) is 4.90 Å². The maximum atomic E-state index is 13.1. The molecule has 0 saturated carbocycles. The number of aliphatic carboxylic acids is 1. The fourth-order valence-electron chi connectivity index (χ4n) is 2.64. The fourth-order valence-corrected chi connectivity index (χ4v) is 3.97. The molecule has 1 aliphatic heterocycles. The number of amides is 1. The van der Waals surface area contributed by atoms with Gasteiger partial charge in [0.1, 0.15) is 0 Å². The third kappa shape index (κ3) is 4.40. The number of hydrogen-bond acceptors (Lipinski definition) is 4. The van der Waals surface area contributed by atoms with E-state index in [1.54, 1.807) is 6.92 Å². The second-order valence-corrected chi connectivity index (χ2v) is 6.64. The zero-order chi connectivity index (χ0) is 17.9. The van der Waals surface area contributed by atoms with Gasteiger partial charge in [0.05, 0.1) is 18.9 Å². The number of halogens is 3. The molecule has 0 fully saturated rings. The molecule has 1 unspecified atom stereocenters. The molecular weight excluding hydrogens is 347 g/mol. The van der Waals surface area contributed by atoms with Crippen molar-refractivity contribution in [2.45, 2.75) is 38.3 Å². The van der Waals surface area contributed by atoms with Crippen molar-refractivity contribution < 1.29 is 32.6 Å². The molecule has 134 valence electrons. The van der Waals surface area contributed by atoms with Gasteiger partial charge in [-0.1, -0.05) is 0 Å². The lowest BCUT2D eigenvalue weighted by Crippen LogP contribution is -2.33. The summed E-state index contributed by atoms with van der Waals surface area (Å²) in [6.45, 7) is 2.72. The molecule has 2 heterocycles. The smallest absolute Gasteiger partial charge is 0.409 e. The Morgan fingerprint density at radius 3 is 2.62 bits per heavy atom. The van der Waals surface area contributed by atoms with Crippen LogP contribution in [0.3, 0.4) is 0 Å². The number of thiophene rings is 1. The molecule has 1 amide bonds. The number of fused-ring (bicyclic) bond motifs is 1. The fraction of sp³-hybridized carbons (Fsp3) is 0.600. The Morgan fingerprint density at radius 2 is 2.04 bits per heavy atom. The van der Waals surface area contributed by atoms with Crippen LogP contribution in [0.1, 0.15) is 34.6 Å². The summed E-state index contributed by atoms with van der Waals surface area (Å²) in [6, 6.07) is 1.44. The van der Waals surface area contributed by atoms with Gasteiger partial charge in [-0.3, -0.25) is 4.79 Å². The summed E-state index contributed by atoms with van der Waals surface area (Å²) in [5.41, 5.74) is 0.751. The minimum Gasteiger partial charge on any atom is -0.481 e. The lowest BCUT2D eigenvalue weighted by atomic mass is 10.0. The molecule has 0 aromatic carbocycles. The van der Waals surface area contributed by atoms with Gasteiger partial charge in [0.15, 0.2) is 0 Å². The van der Waals surface area contributed by atoms with Gasteiger partial charge >= 0.3 is 18.2 Å². The second kappa shape index (κ2) is 7.42. The van der Waals surface area contributed by atoms with E-state index in [2.05, 4.69) is 0 Å². The number of carboxylic acids is 1. The summed E-state index contributed by atoms with van der Waals surface area (Å²) in [7, 11) is 0. The Bertz CT molecular complexity index is 589. The molecule has 2 rings (SSSR count). The molecule has 0 spiro atoms. The summed E-state index contributed by atoms with van der Waals surface area (Å²) in [5, 5.41) is 8.75. The number of hydrogen-bond donors (Lipinski definition) is 1. The summed E-state index contributed by atoms with van der Waals surface area (Å²) < 4.78 is 44.4. The number of ether oxygens (including phenoxy) is 1. The first kappa shape index (κ1) is 18.6. The molecule has 1 N–H and O–H groups in total. The zero-order valence-electron chi connectivity index (χ0n) is 13.1. The van der Waals surface area contributed by atoms with Crippen molar-refractivity contribution in [3.05, 3.63) is 21.4 Å². The van der Waals surface area contributed by atoms with E-state index in [-0.39, 0.29) is 11.5 Å². The standard InChI is InChI=1S/C15H18F3NO4S/c1-2-23-14(22)19-5-3-9-7-12(24-11(9)4-6-19)10(8-13(20)21)15(16,17)18/h7,10H,2-6,8H2,1H3,(H,20,21). The van der Waals surface area contributed by atoms with Crippen LogP contribution in [0.2, 0.25) is 0 Å². The van der Waals surface area contributed by atoms with Gasteiger partial charge in [-0.25, -0.2) is 4.79 Å². The monoisotopic (exact) mass is 365 g/mol. The largest absolute Gasteiger partial charge is 0.481 e. The normalized spacial score (nSPS) is 16.2. The zero-order valence-corrected chi connectivity index (χ0v) is 13.9. The van der Waals surface area contributed by atoms with Crippen molar-refractivity contribution in [3.8, 4) is 0 Å². The first-order chi connectivity index (χ1) is 11.2. The highest BCUT2D eigenvalue weighted by atomic mass is 32.1. The average molecular weight is 365 g/mol. The Labute approximate surface area is 141 Å². The van der Waals surface area contributed by atoms with Gasteiger partial charge in [-0.2, -0.15) is 13.2 Å². The second-order valence-electron chi connectivity index (χ2n) is 5.48. The van der Waals surface area contributed by atoms with Crippen LogP contribution in [0.5, 0.6) is 0 Å². The summed E-state index contributed by atoms with van der Waals surface area (Å²) >= 11 is 0.991. The quantitative estimate of drug-likeness (QED) is 0.888. The third-order valence-corrected chi connectivity index (χ3v) is 5.17. The van der Waals surface area contributed by atoms with E-state index in [1.165, 1.54) is 11.0 Å². The number of nitrogens with zero attached hydrogens (tertiary/aromatic N) is 1. The number of rotatable bonds is 4. The van der Waals surface area contributed by atoms with Crippen LogP contribution in [0.4, 0.5) is 18.0 Å². The molecule has 24 heavy (non-hydrogen) atoms. The lowest BCUT2D eigenvalue weighted by molar-refractivity contribution is -0.162. The highest BCUT2D eigenvalue weighted by Gasteiger charge is 2.43. The molecule has 1 aromatic heterocycles. The minimum atomic E-state index is -4.60. The Morgan fingerprint density at radius 1 is 1.38 bits per heavy atom. The highest BCUT2D eigenvalue weighted by molar-refractivity contribution is 7.12. The van der Waals surface area contributed by atoms with E-state index < -0.39 is 30.6 Å². The molecule has 0 aliphatic carbocycles. The van der Waals surface area contributed by atoms with Crippen LogP contribution in [-0.4, -0.2) is 47.9 Å². The third-order valence-electron chi connectivity index (χ3n) is 3.82. The van der Waals surface area contributed by atoms with Crippen LogP contribution in [0.25, 0.3) is 0 Å². The first-order valence-electron chi connectivity index (χ1n) is 7.54. The Hall–Kier alpha value is -1.77. The molecule has 1 aliphatic rings. The molecule has 5 nitrogen and oxygen atoms in total. The molecule has 1 aromatic rings. The topological polar surface area (TPSA) is 66.8 Å². The SMILES string of the molecule is CCOC(=O)N1CCc2cc(C(CC(=O)O)C(F)(F)F)sc2CC1. The van der Waals surface area contributed by atoms with Gasteiger partial charge in [0.2, 0.25) is 0 Å². The van der Waals surface area contributed by atoms with E-state index in [9.17, 15) is 22.8 Å².